The molecule has 5 heteroatoms. The highest BCUT2D eigenvalue weighted by Gasteiger charge is 2.21. The summed E-state index contributed by atoms with van der Waals surface area (Å²) in [6.07, 6.45) is 4.74. The number of nitrogens with zero attached hydrogens (tertiary/aromatic N) is 3. The van der Waals surface area contributed by atoms with Gasteiger partial charge in [-0.05, 0) is 25.2 Å². The molecule has 1 aliphatic heterocycles. The summed E-state index contributed by atoms with van der Waals surface area (Å²) in [5.74, 6) is 1.79. The Morgan fingerprint density at radius 1 is 1.56 bits per heavy atom. The van der Waals surface area contributed by atoms with Crippen LogP contribution in [-0.4, -0.2) is 27.8 Å². The summed E-state index contributed by atoms with van der Waals surface area (Å²) < 4.78 is 4.41. The predicted molar refractivity (Wildman–Crippen MR) is 72.6 cm³/mol. The Bertz CT molecular complexity index is 329. The van der Waals surface area contributed by atoms with Crippen LogP contribution in [0.4, 0.5) is 5.13 Å². The van der Waals surface area contributed by atoms with Gasteiger partial charge in [0.15, 0.2) is 0 Å². The van der Waals surface area contributed by atoms with E-state index in [1.807, 2.05) is 0 Å². The lowest BCUT2D eigenvalue weighted by molar-refractivity contribution is 0.454. The fourth-order valence-corrected chi connectivity index (χ4v) is 3.34. The van der Waals surface area contributed by atoms with Crippen molar-refractivity contribution in [1.29, 1.82) is 0 Å². The predicted octanol–water partition coefficient (Wildman–Crippen LogP) is 3.10. The van der Waals surface area contributed by atoms with Gasteiger partial charge in [-0.3, -0.25) is 0 Å². The van der Waals surface area contributed by atoms with Crippen LogP contribution in [0.15, 0.2) is 0 Å². The first-order chi connectivity index (χ1) is 7.83. The molecule has 1 unspecified atom stereocenters. The lowest BCUT2D eigenvalue weighted by Crippen LogP contribution is -2.35. The molecule has 1 aliphatic rings. The number of anilines is 1. The highest BCUT2D eigenvalue weighted by molar-refractivity contribution is 9.09. The number of halogens is 1. The molecule has 3 nitrogen and oxygen atoms in total. The number of alkyl halides is 1. The van der Waals surface area contributed by atoms with Crippen molar-refractivity contribution in [3.8, 4) is 0 Å². The van der Waals surface area contributed by atoms with Gasteiger partial charge in [0.05, 0.1) is 0 Å². The fraction of sp³-hybridized carbons (Fsp3) is 0.818. The minimum absolute atomic E-state index is 0.771. The Morgan fingerprint density at radius 3 is 3.19 bits per heavy atom. The SMILES string of the molecule is CCCc1nsc(N2CCCC(CBr)C2)n1. The maximum atomic E-state index is 4.61. The van der Waals surface area contributed by atoms with Crippen molar-refractivity contribution in [1.82, 2.24) is 9.36 Å². The van der Waals surface area contributed by atoms with Crippen LogP contribution >= 0.6 is 27.5 Å². The topological polar surface area (TPSA) is 29.0 Å². The third-order valence-electron chi connectivity index (χ3n) is 2.94. The maximum absolute atomic E-state index is 4.61. The molecule has 1 saturated heterocycles. The normalized spacial score (nSPS) is 21.4. The quantitative estimate of drug-likeness (QED) is 0.800. The molecule has 2 rings (SSSR count). The van der Waals surface area contributed by atoms with Crippen LogP contribution in [0.2, 0.25) is 0 Å². The first kappa shape index (κ1) is 12.3. The fourth-order valence-electron chi connectivity index (χ4n) is 2.06. The van der Waals surface area contributed by atoms with Crippen molar-refractivity contribution in [3.63, 3.8) is 0 Å². The number of hydrogen-bond donors (Lipinski definition) is 0. The van der Waals surface area contributed by atoms with E-state index in [1.54, 1.807) is 11.5 Å². The van der Waals surface area contributed by atoms with E-state index in [0.29, 0.717) is 0 Å². The van der Waals surface area contributed by atoms with Crippen molar-refractivity contribution >= 4 is 32.6 Å². The second kappa shape index (κ2) is 5.96. The molecule has 0 radical (unpaired) electrons. The standard InChI is InChI=1S/C11H18BrN3S/c1-2-4-10-13-11(16-14-10)15-6-3-5-9(7-12)8-15/h9H,2-8H2,1H3. The van der Waals surface area contributed by atoms with Gasteiger partial charge in [0.1, 0.15) is 5.82 Å². The lowest BCUT2D eigenvalue weighted by Gasteiger charge is -2.31. The summed E-state index contributed by atoms with van der Waals surface area (Å²) >= 11 is 5.14. The van der Waals surface area contributed by atoms with Gasteiger partial charge in [0, 0.05) is 36.4 Å². The number of aryl methyl sites for hydroxylation is 1. The summed E-state index contributed by atoms with van der Waals surface area (Å²) in [4.78, 5) is 7.01. The lowest BCUT2D eigenvalue weighted by atomic mass is 10.0. The van der Waals surface area contributed by atoms with Crippen LogP contribution in [0.5, 0.6) is 0 Å². The van der Waals surface area contributed by atoms with Crippen LogP contribution in [0.1, 0.15) is 32.0 Å². The van der Waals surface area contributed by atoms with Crippen molar-refractivity contribution < 1.29 is 0 Å². The Hall–Kier alpha value is -0.160. The molecule has 0 saturated carbocycles. The third kappa shape index (κ3) is 2.94. The Kier molecular flexibility index (Phi) is 4.58. The van der Waals surface area contributed by atoms with Crippen molar-refractivity contribution in [2.75, 3.05) is 23.3 Å². The van der Waals surface area contributed by atoms with E-state index in [-0.39, 0.29) is 0 Å². The van der Waals surface area contributed by atoms with Crippen LogP contribution in [0.3, 0.4) is 0 Å². The molecule has 90 valence electrons. The summed E-state index contributed by atoms with van der Waals surface area (Å²) in [6.45, 7) is 4.44. The monoisotopic (exact) mass is 303 g/mol. The minimum Gasteiger partial charge on any atom is -0.347 e. The number of hydrogen-bond acceptors (Lipinski definition) is 4. The van der Waals surface area contributed by atoms with E-state index in [0.717, 1.165) is 48.1 Å². The second-order valence-electron chi connectivity index (χ2n) is 4.35. The van der Waals surface area contributed by atoms with Gasteiger partial charge in [-0.15, -0.1) is 0 Å². The van der Waals surface area contributed by atoms with Gasteiger partial charge < -0.3 is 4.90 Å². The van der Waals surface area contributed by atoms with Crippen molar-refractivity contribution in [2.24, 2.45) is 5.92 Å². The number of piperidine rings is 1. The first-order valence-electron chi connectivity index (χ1n) is 5.97. The summed E-state index contributed by atoms with van der Waals surface area (Å²) in [5.41, 5.74) is 0. The average molecular weight is 304 g/mol. The smallest absolute Gasteiger partial charge is 0.205 e. The third-order valence-corrected chi connectivity index (χ3v) is 4.67. The van der Waals surface area contributed by atoms with E-state index < -0.39 is 0 Å². The molecule has 1 aromatic heterocycles. The van der Waals surface area contributed by atoms with Gasteiger partial charge in [-0.25, -0.2) is 4.98 Å². The van der Waals surface area contributed by atoms with Gasteiger partial charge >= 0.3 is 0 Å². The highest BCUT2D eigenvalue weighted by atomic mass is 79.9. The highest BCUT2D eigenvalue weighted by Crippen LogP contribution is 2.25. The maximum Gasteiger partial charge on any atom is 0.205 e. The molecular formula is C11H18BrN3S. The number of aromatic nitrogens is 2. The van der Waals surface area contributed by atoms with Gasteiger partial charge in [-0.2, -0.15) is 4.37 Å². The first-order valence-corrected chi connectivity index (χ1v) is 7.86. The van der Waals surface area contributed by atoms with Crippen molar-refractivity contribution in [2.45, 2.75) is 32.6 Å². The summed E-state index contributed by atoms with van der Waals surface area (Å²) in [5, 5.41) is 2.22. The molecule has 1 fully saturated rings. The van der Waals surface area contributed by atoms with E-state index in [2.05, 4.69) is 37.1 Å². The van der Waals surface area contributed by atoms with E-state index >= 15 is 0 Å². The van der Waals surface area contributed by atoms with Crippen LogP contribution in [0.25, 0.3) is 0 Å². The molecule has 0 amide bonds. The molecule has 0 spiro atoms. The largest absolute Gasteiger partial charge is 0.347 e. The summed E-state index contributed by atoms with van der Waals surface area (Å²) in [6, 6.07) is 0. The molecule has 16 heavy (non-hydrogen) atoms. The zero-order valence-electron chi connectivity index (χ0n) is 9.65. The van der Waals surface area contributed by atoms with Crippen LogP contribution in [-0.2, 0) is 6.42 Å². The van der Waals surface area contributed by atoms with E-state index in [4.69, 9.17) is 0 Å². The number of rotatable bonds is 4. The Labute approximate surface area is 110 Å². The Balaban J connectivity index is 1.99. The van der Waals surface area contributed by atoms with E-state index in [9.17, 15) is 0 Å². The van der Waals surface area contributed by atoms with Crippen LogP contribution in [0, 0.1) is 5.92 Å². The van der Waals surface area contributed by atoms with Gasteiger partial charge in [-0.1, -0.05) is 22.9 Å². The Morgan fingerprint density at radius 2 is 2.44 bits per heavy atom. The zero-order chi connectivity index (χ0) is 11.4. The molecule has 2 heterocycles. The molecular weight excluding hydrogens is 286 g/mol. The van der Waals surface area contributed by atoms with Gasteiger partial charge in [0.2, 0.25) is 5.13 Å². The molecule has 0 aliphatic carbocycles. The minimum atomic E-state index is 0.771. The average Bonchev–Trinajstić information content (AvgIpc) is 2.78. The van der Waals surface area contributed by atoms with E-state index in [1.165, 1.54) is 12.8 Å². The molecule has 1 atom stereocenters. The van der Waals surface area contributed by atoms with Gasteiger partial charge in [0.25, 0.3) is 0 Å². The molecule has 0 N–H and O–H groups in total. The molecule has 1 aromatic rings. The molecule has 0 bridgehead atoms. The second-order valence-corrected chi connectivity index (χ2v) is 5.73. The van der Waals surface area contributed by atoms with Crippen LogP contribution < -0.4 is 4.90 Å². The van der Waals surface area contributed by atoms with Crippen molar-refractivity contribution in [3.05, 3.63) is 5.82 Å². The summed E-state index contributed by atoms with van der Waals surface area (Å²) in [7, 11) is 0. The zero-order valence-corrected chi connectivity index (χ0v) is 12.1. The molecule has 0 aromatic carbocycles.